The highest BCUT2D eigenvalue weighted by Gasteiger charge is 2.30. The lowest BCUT2D eigenvalue weighted by Gasteiger charge is -2.27. The Morgan fingerprint density at radius 3 is 2.42 bits per heavy atom. The van der Waals surface area contributed by atoms with Crippen LogP contribution >= 0.6 is 47.8 Å². The van der Waals surface area contributed by atoms with Crippen LogP contribution in [0.1, 0.15) is 24.5 Å². The van der Waals surface area contributed by atoms with Gasteiger partial charge in [0.25, 0.3) is 0 Å². The first-order valence-electron chi connectivity index (χ1n) is 9.04. The lowest BCUT2D eigenvalue weighted by atomic mass is 9.99. The number of carbonyl (C=O) groups is 2. The molecule has 0 aliphatic heterocycles. The first-order valence-corrected chi connectivity index (χ1v) is 11.4. The van der Waals surface area contributed by atoms with Gasteiger partial charge in [0.05, 0.1) is 10.6 Å². The SMILES string of the molecule is CO[C@H](CC/C=C/C(=O)O)[C@H](OC(=O)Nc1ccc(Br)cc1)c1cc(Br)cc(Br)c1O. The largest absolute Gasteiger partial charge is 0.506 e. The van der Waals surface area contributed by atoms with Crippen LogP contribution in [0.2, 0.25) is 0 Å². The van der Waals surface area contributed by atoms with Crippen LogP contribution in [0.4, 0.5) is 10.5 Å². The van der Waals surface area contributed by atoms with E-state index in [1.165, 1.54) is 13.2 Å². The van der Waals surface area contributed by atoms with Crippen molar-refractivity contribution in [1.82, 2.24) is 0 Å². The second-order valence-electron chi connectivity index (χ2n) is 6.38. The maximum absolute atomic E-state index is 12.6. The Morgan fingerprint density at radius 1 is 1.13 bits per heavy atom. The molecule has 0 bridgehead atoms. The summed E-state index contributed by atoms with van der Waals surface area (Å²) in [4.78, 5) is 23.3. The van der Waals surface area contributed by atoms with Crippen LogP contribution in [0.5, 0.6) is 5.75 Å². The highest BCUT2D eigenvalue weighted by Crippen LogP contribution is 2.39. The summed E-state index contributed by atoms with van der Waals surface area (Å²) in [6.07, 6.45) is 0.897. The van der Waals surface area contributed by atoms with Gasteiger partial charge < -0.3 is 19.7 Å². The number of carboxylic acids is 1. The number of allylic oxidation sites excluding steroid dienone is 1. The summed E-state index contributed by atoms with van der Waals surface area (Å²) in [5.41, 5.74) is 0.867. The van der Waals surface area contributed by atoms with Gasteiger partial charge in [-0.05, 0) is 65.2 Å². The van der Waals surface area contributed by atoms with Crippen molar-refractivity contribution < 1.29 is 29.3 Å². The number of phenols is 1. The topological polar surface area (TPSA) is 105 Å². The summed E-state index contributed by atoms with van der Waals surface area (Å²) >= 11 is 9.99. The summed E-state index contributed by atoms with van der Waals surface area (Å²) < 4.78 is 13.1. The summed E-state index contributed by atoms with van der Waals surface area (Å²) in [6.45, 7) is 0. The van der Waals surface area contributed by atoms with Crippen molar-refractivity contribution in [2.75, 3.05) is 12.4 Å². The lowest BCUT2D eigenvalue weighted by Crippen LogP contribution is -2.28. The van der Waals surface area contributed by atoms with Gasteiger partial charge in [-0.25, -0.2) is 9.59 Å². The molecule has 10 heteroatoms. The molecule has 166 valence electrons. The van der Waals surface area contributed by atoms with Crippen LogP contribution in [0.15, 0.2) is 62.0 Å². The molecule has 7 nitrogen and oxygen atoms in total. The molecule has 0 aliphatic carbocycles. The number of hydrogen-bond acceptors (Lipinski definition) is 5. The van der Waals surface area contributed by atoms with Gasteiger partial charge in [0, 0.05) is 33.4 Å². The van der Waals surface area contributed by atoms with Crippen molar-refractivity contribution in [3.05, 3.63) is 67.5 Å². The van der Waals surface area contributed by atoms with E-state index in [2.05, 4.69) is 53.1 Å². The number of methoxy groups -OCH3 is 1. The van der Waals surface area contributed by atoms with Crippen molar-refractivity contribution in [1.29, 1.82) is 0 Å². The van der Waals surface area contributed by atoms with Gasteiger partial charge in [-0.1, -0.05) is 37.9 Å². The van der Waals surface area contributed by atoms with Crippen LogP contribution in [-0.2, 0) is 14.3 Å². The number of rotatable bonds is 9. The van der Waals surface area contributed by atoms with Gasteiger partial charge in [-0.3, -0.25) is 5.32 Å². The lowest BCUT2D eigenvalue weighted by molar-refractivity contribution is -0.131. The van der Waals surface area contributed by atoms with Gasteiger partial charge in [0.15, 0.2) is 6.10 Å². The molecule has 0 radical (unpaired) electrons. The quantitative estimate of drug-likeness (QED) is 0.280. The molecule has 2 aromatic rings. The van der Waals surface area contributed by atoms with Crippen molar-refractivity contribution in [2.45, 2.75) is 25.0 Å². The Bertz CT molecular complexity index is 949. The molecule has 0 fully saturated rings. The third-order valence-electron chi connectivity index (χ3n) is 4.21. The highest BCUT2D eigenvalue weighted by atomic mass is 79.9. The van der Waals surface area contributed by atoms with E-state index in [9.17, 15) is 14.7 Å². The van der Waals surface area contributed by atoms with Crippen LogP contribution in [0, 0.1) is 0 Å². The van der Waals surface area contributed by atoms with Gasteiger partial charge in [0.1, 0.15) is 5.75 Å². The van der Waals surface area contributed by atoms with Crippen LogP contribution in [0.25, 0.3) is 0 Å². The third kappa shape index (κ3) is 7.95. The van der Waals surface area contributed by atoms with Gasteiger partial charge in [0.2, 0.25) is 0 Å². The monoisotopic (exact) mass is 619 g/mol. The average Bonchev–Trinajstić information content (AvgIpc) is 2.71. The molecular formula is C21H20Br3NO6. The molecule has 0 spiro atoms. The summed E-state index contributed by atoms with van der Waals surface area (Å²) in [5, 5.41) is 22.0. The molecule has 0 saturated heterocycles. The molecular weight excluding hydrogens is 602 g/mol. The predicted octanol–water partition coefficient (Wildman–Crippen LogP) is 6.41. The number of carboxylic acid groups (broad SMARTS) is 1. The van der Waals surface area contributed by atoms with Gasteiger partial charge >= 0.3 is 12.1 Å². The Balaban J connectivity index is 2.29. The smallest absolute Gasteiger partial charge is 0.412 e. The third-order valence-corrected chi connectivity index (χ3v) is 5.80. The average molecular weight is 622 g/mol. The van der Waals surface area contributed by atoms with Crippen molar-refractivity contribution >= 4 is 65.5 Å². The Morgan fingerprint density at radius 2 is 1.81 bits per heavy atom. The highest BCUT2D eigenvalue weighted by molar-refractivity contribution is 9.11. The Kier molecular flexibility index (Phi) is 10.0. The van der Waals surface area contributed by atoms with Crippen LogP contribution < -0.4 is 5.32 Å². The maximum Gasteiger partial charge on any atom is 0.412 e. The molecule has 0 unspecified atom stereocenters. The zero-order valence-electron chi connectivity index (χ0n) is 16.3. The standard InChI is InChI=1S/C21H20Br3NO6/c1-30-17(4-2-3-5-18(26)27)20(15-10-13(23)11-16(24)19(15)28)31-21(29)25-14-8-6-12(22)7-9-14/h3,5-11,17,20,28H,2,4H2,1H3,(H,25,29)(H,26,27)/b5-3+/t17-,20-/m1/s1. The number of amides is 1. The molecule has 31 heavy (non-hydrogen) atoms. The molecule has 2 rings (SSSR count). The van der Waals surface area contributed by atoms with Gasteiger partial charge in [-0.2, -0.15) is 0 Å². The minimum Gasteiger partial charge on any atom is -0.506 e. The van der Waals surface area contributed by atoms with E-state index < -0.39 is 24.3 Å². The number of aromatic hydroxyl groups is 1. The van der Waals surface area contributed by atoms with E-state index in [1.807, 2.05) is 0 Å². The van der Waals surface area contributed by atoms with Crippen molar-refractivity contribution in [2.24, 2.45) is 0 Å². The number of anilines is 1. The predicted molar refractivity (Wildman–Crippen MR) is 127 cm³/mol. The number of aliphatic carboxylic acids is 1. The summed E-state index contributed by atoms with van der Waals surface area (Å²) in [5.74, 6) is -1.14. The number of ether oxygens (including phenoxy) is 2. The minimum atomic E-state index is -1.05. The van der Waals surface area contributed by atoms with E-state index in [0.717, 1.165) is 10.5 Å². The number of nitrogens with one attached hydrogen (secondary N) is 1. The zero-order valence-corrected chi connectivity index (χ0v) is 21.1. The fourth-order valence-corrected chi connectivity index (χ4v) is 4.30. The number of benzene rings is 2. The molecule has 0 aliphatic rings. The second kappa shape index (κ2) is 12.2. The summed E-state index contributed by atoms with van der Waals surface area (Å²) in [7, 11) is 1.46. The molecule has 2 aromatic carbocycles. The Hall–Kier alpha value is -1.88. The van der Waals surface area contributed by atoms with Crippen LogP contribution in [0.3, 0.4) is 0 Å². The Labute approximate surface area is 204 Å². The fraction of sp³-hybridized carbons (Fsp3) is 0.238. The number of phenolic OH excluding ortho intramolecular Hbond substituents is 1. The molecule has 0 saturated carbocycles. The zero-order chi connectivity index (χ0) is 23.0. The maximum atomic E-state index is 12.6. The normalized spacial score (nSPS) is 13.0. The van der Waals surface area contributed by atoms with Crippen LogP contribution in [-0.4, -0.2) is 35.5 Å². The molecule has 3 N–H and O–H groups in total. The summed E-state index contributed by atoms with van der Waals surface area (Å²) in [6, 6.07) is 10.3. The first kappa shape index (κ1) is 25.4. The molecule has 0 heterocycles. The van der Waals surface area contributed by atoms with Gasteiger partial charge in [-0.15, -0.1) is 0 Å². The number of halogens is 3. The van der Waals surface area contributed by atoms with Crippen molar-refractivity contribution in [3.63, 3.8) is 0 Å². The van der Waals surface area contributed by atoms with E-state index in [0.29, 0.717) is 33.0 Å². The fourth-order valence-electron chi connectivity index (χ4n) is 2.78. The van der Waals surface area contributed by atoms with E-state index in [4.69, 9.17) is 14.6 Å². The first-order chi connectivity index (χ1) is 14.7. The van der Waals surface area contributed by atoms with E-state index >= 15 is 0 Å². The number of hydrogen-bond donors (Lipinski definition) is 3. The second-order valence-corrected chi connectivity index (χ2v) is 9.06. The van der Waals surface area contributed by atoms with E-state index in [1.54, 1.807) is 36.4 Å². The molecule has 1 amide bonds. The van der Waals surface area contributed by atoms with Crippen molar-refractivity contribution in [3.8, 4) is 5.75 Å². The molecule has 0 aromatic heterocycles. The minimum absolute atomic E-state index is 0.0900. The van der Waals surface area contributed by atoms with E-state index in [-0.39, 0.29) is 5.75 Å². The number of carbonyl (C=O) groups excluding carboxylic acids is 1. The molecule has 2 atom stereocenters.